The van der Waals surface area contributed by atoms with E-state index in [-0.39, 0.29) is 6.61 Å². The number of aliphatic hydroxyl groups is 1. The summed E-state index contributed by atoms with van der Waals surface area (Å²) >= 11 is 0. The van der Waals surface area contributed by atoms with Gasteiger partial charge in [-0.2, -0.15) is 13.2 Å². The Bertz CT molecular complexity index is 424. The van der Waals surface area contributed by atoms with Crippen LogP contribution in [0, 0.1) is 0 Å². The summed E-state index contributed by atoms with van der Waals surface area (Å²) in [6, 6.07) is 5.78. The van der Waals surface area contributed by atoms with Crippen molar-refractivity contribution >= 4 is 0 Å². The number of nitrogens with zero attached hydrogens (tertiary/aromatic N) is 1. The SMILES string of the molecule is OCCN(Cc1ccc(C(F)(F)F)cc1)C1CCCCC1. The summed E-state index contributed by atoms with van der Waals surface area (Å²) < 4.78 is 37.7. The Hall–Kier alpha value is -1.07. The largest absolute Gasteiger partial charge is 0.416 e. The third-order valence-corrected chi connectivity index (χ3v) is 4.15. The molecule has 1 aliphatic rings. The van der Waals surface area contributed by atoms with E-state index in [2.05, 4.69) is 4.90 Å². The minimum Gasteiger partial charge on any atom is -0.395 e. The Morgan fingerprint density at radius 2 is 1.67 bits per heavy atom. The summed E-state index contributed by atoms with van der Waals surface area (Å²) in [7, 11) is 0. The summed E-state index contributed by atoms with van der Waals surface area (Å²) in [5.74, 6) is 0. The fourth-order valence-electron chi connectivity index (χ4n) is 3.00. The first-order valence-corrected chi connectivity index (χ1v) is 7.52. The van der Waals surface area contributed by atoms with Crippen molar-refractivity contribution in [3.63, 3.8) is 0 Å². The monoisotopic (exact) mass is 301 g/mol. The molecule has 2 nitrogen and oxygen atoms in total. The summed E-state index contributed by atoms with van der Waals surface area (Å²) in [4.78, 5) is 2.20. The second kappa shape index (κ2) is 7.27. The van der Waals surface area contributed by atoms with Crippen LogP contribution in [0.1, 0.15) is 43.2 Å². The van der Waals surface area contributed by atoms with Crippen LogP contribution in [0.15, 0.2) is 24.3 Å². The topological polar surface area (TPSA) is 23.5 Å². The zero-order valence-corrected chi connectivity index (χ0v) is 12.1. The van der Waals surface area contributed by atoms with E-state index >= 15 is 0 Å². The van der Waals surface area contributed by atoms with Gasteiger partial charge in [-0.05, 0) is 30.5 Å². The van der Waals surface area contributed by atoms with Crippen LogP contribution in [0.2, 0.25) is 0 Å². The van der Waals surface area contributed by atoms with E-state index in [1.807, 2.05) is 0 Å². The predicted molar refractivity (Wildman–Crippen MR) is 75.8 cm³/mol. The molecule has 0 atom stereocenters. The molecule has 1 N–H and O–H groups in total. The normalized spacial score (nSPS) is 17.4. The maximum absolute atomic E-state index is 12.6. The van der Waals surface area contributed by atoms with Gasteiger partial charge in [0.25, 0.3) is 0 Å². The van der Waals surface area contributed by atoms with Gasteiger partial charge in [0, 0.05) is 19.1 Å². The van der Waals surface area contributed by atoms with Crippen molar-refractivity contribution in [2.75, 3.05) is 13.2 Å². The van der Waals surface area contributed by atoms with Crippen molar-refractivity contribution in [2.45, 2.75) is 50.9 Å². The average molecular weight is 301 g/mol. The van der Waals surface area contributed by atoms with Gasteiger partial charge in [0.15, 0.2) is 0 Å². The predicted octanol–water partition coefficient (Wildman–Crippen LogP) is 3.83. The van der Waals surface area contributed by atoms with Crippen molar-refractivity contribution in [2.24, 2.45) is 0 Å². The molecule has 5 heteroatoms. The van der Waals surface area contributed by atoms with Gasteiger partial charge >= 0.3 is 6.18 Å². The van der Waals surface area contributed by atoms with Crippen molar-refractivity contribution < 1.29 is 18.3 Å². The first-order chi connectivity index (χ1) is 10.0. The van der Waals surface area contributed by atoms with E-state index < -0.39 is 11.7 Å². The van der Waals surface area contributed by atoms with Crippen LogP contribution < -0.4 is 0 Å². The molecule has 0 bridgehead atoms. The lowest BCUT2D eigenvalue weighted by molar-refractivity contribution is -0.137. The maximum Gasteiger partial charge on any atom is 0.416 e. The minimum atomic E-state index is -4.29. The standard InChI is InChI=1S/C16H22F3NO/c17-16(18,19)14-8-6-13(7-9-14)12-20(10-11-21)15-4-2-1-3-5-15/h6-9,15,21H,1-5,10-12H2. The lowest BCUT2D eigenvalue weighted by Gasteiger charge is -2.34. The molecular formula is C16H22F3NO. The molecule has 1 saturated carbocycles. The van der Waals surface area contributed by atoms with Gasteiger partial charge in [0.05, 0.1) is 12.2 Å². The van der Waals surface area contributed by atoms with Crippen molar-refractivity contribution in [1.82, 2.24) is 4.90 Å². The fraction of sp³-hybridized carbons (Fsp3) is 0.625. The molecule has 118 valence electrons. The Kier molecular flexibility index (Phi) is 5.65. The minimum absolute atomic E-state index is 0.0805. The molecule has 21 heavy (non-hydrogen) atoms. The number of hydrogen-bond donors (Lipinski definition) is 1. The van der Waals surface area contributed by atoms with Crippen LogP contribution >= 0.6 is 0 Å². The van der Waals surface area contributed by atoms with Gasteiger partial charge in [0.2, 0.25) is 0 Å². The second-order valence-electron chi connectivity index (χ2n) is 5.68. The Balaban J connectivity index is 2.02. The Morgan fingerprint density at radius 1 is 1.05 bits per heavy atom. The number of hydrogen-bond acceptors (Lipinski definition) is 2. The molecule has 0 unspecified atom stereocenters. The number of alkyl halides is 3. The van der Waals surface area contributed by atoms with Crippen LogP contribution in [-0.2, 0) is 12.7 Å². The molecule has 0 heterocycles. The summed E-state index contributed by atoms with van der Waals surface area (Å²) in [6.07, 6.45) is 1.58. The molecule has 0 aromatic heterocycles. The summed E-state index contributed by atoms with van der Waals surface area (Å²) in [6.45, 7) is 1.26. The van der Waals surface area contributed by atoms with E-state index in [1.165, 1.54) is 31.4 Å². The Morgan fingerprint density at radius 3 is 2.19 bits per heavy atom. The molecule has 1 aromatic carbocycles. The van der Waals surface area contributed by atoms with Crippen LogP contribution in [-0.4, -0.2) is 29.2 Å². The highest BCUT2D eigenvalue weighted by molar-refractivity contribution is 5.24. The average Bonchev–Trinajstić information content (AvgIpc) is 2.47. The first-order valence-electron chi connectivity index (χ1n) is 7.52. The second-order valence-corrected chi connectivity index (χ2v) is 5.68. The fourth-order valence-corrected chi connectivity index (χ4v) is 3.00. The molecule has 0 amide bonds. The van der Waals surface area contributed by atoms with Gasteiger partial charge in [0.1, 0.15) is 0 Å². The van der Waals surface area contributed by atoms with Crippen LogP contribution in [0.3, 0.4) is 0 Å². The van der Waals surface area contributed by atoms with Crippen LogP contribution in [0.5, 0.6) is 0 Å². The van der Waals surface area contributed by atoms with Crippen molar-refractivity contribution in [3.8, 4) is 0 Å². The molecular weight excluding hydrogens is 279 g/mol. The van der Waals surface area contributed by atoms with Crippen LogP contribution in [0.25, 0.3) is 0 Å². The lowest BCUT2D eigenvalue weighted by Crippen LogP contribution is -2.38. The molecule has 1 aromatic rings. The molecule has 1 aliphatic carbocycles. The molecule has 0 spiro atoms. The maximum atomic E-state index is 12.6. The van der Waals surface area contributed by atoms with E-state index in [0.717, 1.165) is 30.5 Å². The van der Waals surface area contributed by atoms with Crippen molar-refractivity contribution in [1.29, 1.82) is 0 Å². The zero-order valence-electron chi connectivity index (χ0n) is 12.1. The lowest BCUT2D eigenvalue weighted by atomic mass is 9.94. The Labute approximate surface area is 123 Å². The highest BCUT2D eigenvalue weighted by Crippen LogP contribution is 2.29. The molecule has 0 saturated heterocycles. The van der Waals surface area contributed by atoms with Gasteiger partial charge < -0.3 is 5.11 Å². The number of rotatable bonds is 5. The van der Waals surface area contributed by atoms with E-state index in [1.54, 1.807) is 0 Å². The number of aliphatic hydroxyl groups excluding tert-OH is 1. The van der Waals surface area contributed by atoms with Gasteiger partial charge in [-0.25, -0.2) is 0 Å². The number of halogens is 3. The van der Waals surface area contributed by atoms with Gasteiger partial charge in [-0.3, -0.25) is 4.90 Å². The molecule has 0 radical (unpaired) electrons. The molecule has 1 fully saturated rings. The highest BCUT2D eigenvalue weighted by atomic mass is 19.4. The van der Waals surface area contributed by atoms with E-state index in [0.29, 0.717) is 19.1 Å². The smallest absolute Gasteiger partial charge is 0.395 e. The molecule has 2 rings (SSSR count). The highest BCUT2D eigenvalue weighted by Gasteiger charge is 2.30. The van der Waals surface area contributed by atoms with E-state index in [4.69, 9.17) is 0 Å². The third-order valence-electron chi connectivity index (χ3n) is 4.15. The van der Waals surface area contributed by atoms with Gasteiger partial charge in [-0.1, -0.05) is 31.4 Å². The van der Waals surface area contributed by atoms with Crippen molar-refractivity contribution in [3.05, 3.63) is 35.4 Å². The van der Waals surface area contributed by atoms with Crippen LogP contribution in [0.4, 0.5) is 13.2 Å². The molecule has 0 aliphatic heterocycles. The first kappa shape index (κ1) is 16.3. The van der Waals surface area contributed by atoms with E-state index in [9.17, 15) is 18.3 Å². The quantitative estimate of drug-likeness (QED) is 0.893. The summed E-state index contributed by atoms with van der Waals surface area (Å²) in [5.41, 5.74) is 0.250. The zero-order chi connectivity index (χ0) is 15.3. The summed E-state index contributed by atoms with van der Waals surface area (Å²) in [5, 5.41) is 9.21. The third kappa shape index (κ3) is 4.71. The number of benzene rings is 1. The van der Waals surface area contributed by atoms with Gasteiger partial charge in [-0.15, -0.1) is 0 Å².